The van der Waals surface area contributed by atoms with Crippen LogP contribution in [0.5, 0.6) is 0 Å². The van der Waals surface area contributed by atoms with Gasteiger partial charge in [0.2, 0.25) is 11.8 Å². The first-order chi connectivity index (χ1) is 26.1. The van der Waals surface area contributed by atoms with Gasteiger partial charge >= 0.3 is 12.2 Å². The predicted octanol–water partition coefficient (Wildman–Crippen LogP) is 6.76. The molecule has 286 valence electrons. The first-order valence-electron chi connectivity index (χ1n) is 18.9. The molecule has 0 saturated carbocycles. The Balaban J connectivity index is 1.11. The van der Waals surface area contributed by atoms with E-state index in [2.05, 4.69) is 49.5 Å². The number of methoxy groups -OCH3 is 1. The van der Waals surface area contributed by atoms with Gasteiger partial charge in [0.25, 0.3) is 0 Å². The number of aromatic amines is 2. The molecule has 2 aromatic carbocycles. The van der Waals surface area contributed by atoms with Gasteiger partial charge in [-0.05, 0) is 60.8 Å². The number of hydrogen-bond donors (Lipinski definition) is 4. The second-order valence-corrected chi connectivity index (χ2v) is 14.1. The molecule has 2 saturated heterocycles. The van der Waals surface area contributed by atoms with Crippen LogP contribution in [0.15, 0.2) is 60.9 Å². The number of imidazole rings is 2. The highest BCUT2D eigenvalue weighted by atomic mass is 16.5. The molecule has 0 spiro atoms. The van der Waals surface area contributed by atoms with Crippen LogP contribution >= 0.6 is 0 Å². The Hall–Kier alpha value is -5.66. The summed E-state index contributed by atoms with van der Waals surface area (Å²) < 4.78 is 4.74. The molecule has 2 aliphatic heterocycles. The summed E-state index contributed by atoms with van der Waals surface area (Å²) in [5, 5.41) is 12.2. The molecule has 2 aromatic heterocycles. The summed E-state index contributed by atoms with van der Waals surface area (Å²) in [6, 6.07) is 14.6. The Kier molecular flexibility index (Phi) is 12.0. The lowest BCUT2D eigenvalue weighted by molar-refractivity contribution is -0.137. The van der Waals surface area contributed by atoms with E-state index in [-0.39, 0.29) is 23.9 Å². The van der Waals surface area contributed by atoms with Gasteiger partial charge in [0.1, 0.15) is 23.7 Å². The van der Waals surface area contributed by atoms with E-state index in [4.69, 9.17) is 4.74 Å². The van der Waals surface area contributed by atoms with Crippen molar-refractivity contribution in [3.8, 4) is 33.6 Å². The lowest BCUT2D eigenvalue weighted by Crippen LogP contribution is -2.48. The van der Waals surface area contributed by atoms with E-state index in [0.717, 1.165) is 76.5 Å². The molecule has 4 amide bonds. The van der Waals surface area contributed by atoms with Crippen LogP contribution in [-0.2, 0) is 14.3 Å². The minimum absolute atomic E-state index is 0.123. The van der Waals surface area contributed by atoms with E-state index in [1.54, 1.807) is 17.3 Å². The van der Waals surface area contributed by atoms with Crippen molar-refractivity contribution in [1.82, 2.24) is 40.0 Å². The number of H-pyrrole nitrogens is 2. The Morgan fingerprint density at radius 3 is 1.70 bits per heavy atom. The van der Waals surface area contributed by atoms with E-state index >= 15 is 0 Å². The van der Waals surface area contributed by atoms with Gasteiger partial charge in [-0.25, -0.2) is 19.6 Å². The monoisotopic (exact) mass is 738 g/mol. The van der Waals surface area contributed by atoms with Crippen LogP contribution < -0.4 is 5.32 Å². The second kappa shape index (κ2) is 17.0. The minimum atomic E-state index is -1.11. The minimum Gasteiger partial charge on any atom is -0.465 e. The van der Waals surface area contributed by atoms with Crippen LogP contribution in [0.1, 0.15) is 88.9 Å². The number of aromatic nitrogens is 4. The molecule has 4 heterocycles. The highest BCUT2D eigenvalue weighted by molar-refractivity contribution is 5.87. The van der Waals surface area contributed by atoms with Gasteiger partial charge in [-0.1, -0.05) is 75.2 Å². The van der Waals surface area contributed by atoms with Crippen LogP contribution in [0.4, 0.5) is 9.59 Å². The molecule has 0 aliphatic carbocycles. The van der Waals surface area contributed by atoms with Crippen molar-refractivity contribution in [2.24, 2.45) is 0 Å². The van der Waals surface area contributed by atoms with Gasteiger partial charge < -0.3 is 34.9 Å². The Morgan fingerprint density at radius 1 is 0.796 bits per heavy atom. The molecule has 2 aliphatic rings. The highest BCUT2D eigenvalue weighted by Crippen LogP contribution is 2.35. The summed E-state index contributed by atoms with van der Waals surface area (Å²) in [5.41, 5.74) is 5.74. The first kappa shape index (κ1) is 38.1. The molecule has 14 nitrogen and oxygen atoms in total. The summed E-state index contributed by atoms with van der Waals surface area (Å²) in [5.74, 6) is 1.13. The Morgan fingerprint density at radius 2 is 1.26 bits per heavy atom. The topological polar surface area (TPSA) is 177 Å². The predicted molar refractivity (Wildman–Crippen MR) is 203 cm³/mol. The van der Waals surface area contributed by atoms with E-state index in [9.17, 15) is 24.3 Å². The number of carboxylic acid groups (broad SMARTS) is 1. The lowest BCUT2D eigenvalue weighted by atomic mass is 10.0. The number of hydrogen-bond acceptors (Lipinski definition) is 7. The van der Waals surface area contributed by atoms with Crippen LogP contribution in [0, 0.1) is 0 Å². The van der Waals surface area contributed by atoms with E-state index in [0.29, 0.717) is 38.2 Å². The van der Waals surface area contributed by atoms with Gasteiger partial charge in [-0.15, -0.1) is 0 Å². The van der Waals surface area contributed by atoms with Crippen LogP contribution in [0.2, 0.25) is 0 Å². The number of benzene rings is 2. The maximum absolute atomic E-state index is 13.5. The number of nitrogens with zero attached hydrogens (tertiary/aromatic N) is 5. The van der Waals surface area contributed by atoms with Crippen molar-refractivity contribution in [1.29, 1.82) is 0 Å². The molecule has 1 unspecified atom stereocenters. The third-order valence-electron chi connectivity index (χ3n) is 10.6. The number of likely N-dealkylation sites (tertiary alicyclic amines) is 2. The van der Waals surface area contributed by atoms with E-state index in [1.165, 1.54) is 14.2 Å². The quantitative estimate of drug-likeness (QED) is 0.116. The summed E-state index contributed by atoms with van der Waals surface area (Å²) in [4.78, 5) is 71.5. The lowest BCUT2D eigenvalue weighted by Gasteiger charge is -2.31. The number of carbonyl (C=O) groups excluding carboxylic acids is 3. The standard InChI is InChI=1S/C40H50N8O6/c1-5-9-29(45-39(51)54-4)37(49)47-21-7-11-32(47)35-41-23-30(43-35)27-17-13-25(14-18-27)26-15-19-28(20-16-26)31-24-42-36(44-31)33-12-8-22-48(33)38(50)34(10-6-2)46(3)40(52)53/h13-20,23-24,29,32-34H,5-12,21-22H2,1-4H3,(H,41,43)(H,42,44)(H,45,51)(H,52,53)/t29-,32?,33-,34-/m0/s1. The summed E-state index contributed by atoms with van der Waals surface area (Å²) >= 11 is 0. The molecule has 14 heteroatoms. The number of nitrogens with one attached hydrogen (secondary N) is 3. The number of amides is 4. The van der Waals surface area contributed by atoms with Crippen LogP contribution in [0.25, 0.3) is 33.6 Å². The Bertz CT molecular complexity index is 1920. The Labute approximate surface area is 315 Å². The first-order valence-corrected chi connectivity index (χ1v) is 18.9. The molecule has 4 N–H and O–H groups in total. The number of alkyl carbamates (subject to hydrolysis) is 1. The number of carbonyl (C=O) groups is 4. The maximum Gasteiger partial charge on any atom is 0.407 e. The fraction of sp³-hybridized carbons (Fsp3) is 0.450. The average molecular weight is 739 g/mol. The molecule has 0 bridgehead atoms. The molecule has 54 heavy (non-hydrogen) atoms. The molecule has 6 rings (SSSR count). The summed E-state index contributed by atoms with van der Waals surface area (Å²) in [6.45, 7) is 5.09. The van der Waals surface area contributed by atoms with Gasteiger partial charge in [-0.3, -0.25) is 14.5 Å². The fourth-order valence-electron chi connectivity index (χ4n) is 7.65. The zero-order chi connectivity index (χ0) is 38.4. The maximum atomic E-state index is 13.5. The van der Waals surface area contributed by atoms with Gasteiger partial charge in [0, 0.05) is 20.1 Å². The molecular formula is C40H50N8O6. The summed E-state index contributed by atoms with van der Waals surface area (Å²) in [7, 11) is 2.75. The van der Waals surface area contributed by atoms with Crippen molar-refractivity contribution in [3.63, 3.8) is 0 Å². The smallest absolute Gasteiger partial charge is 0.407 e. The number of likely N-dealkylation sites (N-methyl/N-ethyl adjacent to an activating group) is 1. The van der Waals surface area contributed by atoms with Gasteiger partial charge in [0.05, 0.1) is 43.0 Å². The number of rotatable bonds is 13. The van der Waals surface area contributed by atoms with Crippen LogP contribution in [0.3, 0.4) is 0 Å². The van der Waals surface area contributed by atoms with E-state index < -0.39 is 24.3 Å². The largest absolute Gasteiger partial charge is 0.465 e. The van der Waals surface area contributed by atoms with Crippen LogP contribution in [-0.4, -0.2) is 103 Å². The highest BCUT2D eigenvalue weighted by Gasteiger charge is 2.38. The third-order valence-corrected chi connectivity index (χ3v) is 10.6. The number of ether oxygens (including phenoxy) is 1. The third kappa shape index (κ3) is 8.12. The zero-order valence-corrected chi connectivity index (χ0v) is 31.4. The molecule has 4 aromatic rings. The van der Waals surface area contributed by atoms with Gasteiger partial charge in [-0.2, -0.15) is 0 Å². The zero-order valence-electron chi connectivity index (χ0n) is 31.4. The second-order valence-electron chi connectivity index (χ2n) is 14.1. The molecule has 0 radical (unpaired) electrons. The van der Waals surface area contributed by atoms with Crippen molar-refractivity contribution >= 4 is 24.0 Å². The van der Waals surface area contributed by atoms with Crippen molar-refractivity contribution < 1.29 is 29.0 Å². The summed E-state index contributed by atoms with van der Waals surface area (Å²) in [6.07, 6.45) is 7.53. The fourth-order valence-corrected chi connectivity index (χ4v) is 7.65. The average Bonchev–Trinajstić information content (AvgIpc) is 4.03. The molecule has 4 atom stereocenters. The molecule has 2 fully saturated rings. The molecular weight excluding hydrogens is 688 g/mol. The normalized spacial score (nSPS) is 18.0. The van der Waals surface area contributed by atoms with Crippen molar-refractivity contribution in [3.05, 3.63) is 72.6 Å². The van der Waals surface area contributed by atoms with E-state index in [1.807, 2.05) is 43.0 Å². The van der Waals surface area contributed by atoms with Crippen molar-refractivity contribution in [2.75, 3.05) is 27.2 Å². The van der Waals surface area contributed by atoms with Crippen molar-refractivity contribution in [2.45, 2.75) is 89.4 Å². The van der Waals surface area contributed by atoms with Gasteiger partial charge in [0.15, 0.2) is 0 Å². The SMILES string of the molecule is CCC[C@H](NC(=O)OC)C(=O)N1CCCC1c1ncc(-c2ccc(-c3ccc(-c4cnc([C@@H]5CCCN5C(=O)[C@H](CCC)N(C)C(=O)O)[nH]4)cc3)cc2)[nH]1.